The quantitative estimate of drug-likeness (QED) is 0.599. The highest BCUT2D eigenvalue weighted by Gasteiger charge is 1.91. The van der Waals surface area contributed by atoms with Crippen molar-refractivity contribution in [1.82, 2.24) is 0 Å². The highest BCUT2D eigenvalue weighted by Crippen LogP contribution is 2.02. The first kappa shape index (κ1) is 9.47. The van der Waals surface area contributed by atoms with Gasteiger partial charge in [0, 0.05) is 7.98 Å². The van der Waals surface area contributed by atoms with Crippen LogP contribution in [0.25, 0.3) is 0 Å². The molecule has 0 unspecified atom stereocenters. The largest absolute Gasteiger partial charge is 0.377 e. The highest BCUT2D eigenvalue weighted by molar-refractivity contribution is 5.13. The molecule has 0 aliphatic carbocycles. The molecule has 0 aromatic heterocycles. The Morgan fingerprint density at radius 3 is 2.86 bits per heavy atom. The van der Waals surface area contributed by atoms with Crippen molar-refractivity contribution in [1.29, 1.82) is 0 Å². The molecule has 0 heterocycles. The fraction of sp³-hybridized carbons (Fsp3) is 0.385. The third-order valence-electron chi connectivity index (χ3n) is 1.92. The Bertz CT molecular complexity index is 271. The minimum atomic E-state index is -0.133. The number of ether oxygens (including phenoxy) is 1. The zero-order valence-corrected chi connectivity index (χ0v) is 8.49. The standard InChI is InChI=1S/C13H18O/c1-2-3-4-8-11-14-12-13-9-6-5-7-10-13/h2,5-7,9-10H,1,3-4,8,11-12H2/i8D/t8-/m1/s1. The molecule has 0 fully saturated rings. The Labute approximate surface area is 87.8 Å². The van der Waals surface area contributed by atoms with E-state index in [4.69, 9.17) is 6.11 Å². The Hall–Kier alpha value is -1.08. The van der Waals surface area contributed by atoms with Gasteiger partial charge in [-0.05, 0) is 24.8 Å². The maximum atomic E-state index is 7.67. The Morgan fingerprint density at radius 2 is 2.14 bits per heavy atom. The maximum Gasteiger partial charge on any atom is 0.0716 e. The van der Waals surface area contributed by atoms with Crippen molar-refractivity contribution in [3.05, 3.63) is 48.6 Å². The molecular weight excluding hydrogens is 172 g/mol. The van der Waals surface area contributed by atoms with E-state index in [0.717, 1.165) is 18.4 Å². The first-order valence-electron chi connectivity index (χ1n) is 5.55. The summed E-state index contributed by atoms with van der Waals surface area (Å²) in [6.07, 6.45) is 3.44. The first-order chi connectivity index (χ1) is 7.33. The van der Waals surface area contributed by atoms with Crippen molar-refractivity contribution in [2.75, 3.05) is 6.61 Å². The smallest absolute Gasteiger partial charge is 0.0716 e. The fourth-order valence-corrected chi connectivity index (χ4v) is 1.15. The molecule has 1 aromatic rings. The lowest BCUT2D eigenvalue weighted by molar-refractivity contribution is 0.117. The van der Waals surface area contributed by atoms with Crippen LogP contribution in [0.15, 0.2) is 43.0 Å². The summed E-state index contributed by atoms with van der Waals surface area (Å²) in [7, 11) is 0. The summed E-state index contributed by atoms with van der Waals surface area (Å²) in [5.41, 5.74) is 1.16. The zero-order valence-electron chi connectivity index (χ0n) is 9.49. The van der Waals surface area contributed by atoms with Gasteiger partial charge in [-0.25, -0.2) is 0 Å². The minimum absolute atomic E-state index is 0.133. The lowest BCUT2D eigenvalue weighted by atomic mass is 10.2. The molecule has 1 nitrogen and oxygen atoms in total. The number of hydrogen-bond donors (Lipinski definition) is 0. The predicted molar refractivity (Wildman–Crippen MR) is 60.1 cm³/mol. The lowest BCUT2D eigenvalue weighted by Gasteiger charge is -2.03. The molecule has 0 N–H and O–H groups in total. The molecule has 1 aromatic carbocycles. The SMILES string of the molecule is [2H][C@H](CCC=C)COCc1ccccc1. The van der Waals surface area contributed by atoms with Crippen molar-refractivity contribution in [3.8, 4) is 0 Å². The molecule has 0 bridgehead atoms. The normalized spacial score (nSPS) is 13.3. The molecule has 0 saturated heterocycles. The van der Waals surface area contributed by atoms with Crippen molar-refractivity contribution in [2.45, 2.75) is 25.8 Å². The second-order valence-electron chi connectivity index (χ2n) is 3.16. The Morgan fingerprint density at radius 1 is 1.36 bits per heavy atom. The van der Waals surface area contributed by atoms with Gasteiger partial charge in [0.25, 0.3) is 0 Å². The van der Waals surface area contributed by atoms with Crippen molar-refractivity contribution in [2.24, 2.45) is 0 Å². The number of allylic oxidation sites excluding steroid dienone is 1. The van der Waals surface area contributed by atoms with Crippen molar-refractivity contribution < 1.29 is 6.11 Å². The summed E-state index contributed by atoms with van der Waals surface area (Å²) in [6, 6.07) is 10.0. The van der Waals surface area contributed by atoms with Crippen LogP contribution in [0.4, 0.5) is 0 Å². The van der Waals surface area contributed by atoms with Crippen LogP contribution >= 0.6 is 0 Å². The Balaban J connectivity index is 2.13. The maximum absolute atomic E-state index is 7.67. The summed E-state index contributed by atoms with van der Waals surface area (Å²) in [5, 5.41) is 0. The van der Waals surface area contributed by atoms with E-state index in [1.54, 1.807) is 0 Å². The molecule has 0 aliphatic rings. The predicted octanol–water partition coefficient (Wildman–Crippen LogP) is 3.56. The fourth-order valence-electron chi connectivity index (χ4n) is 1.15. The van der Waals surface area contributed by atoms with Crippen LogP contribution < -0.4 is 0 Å². The van der Waals surface area contributed by atoms with Gasteiger partial charge in [0.1, 0.15) is 0 Å². The summed E-state index contributed by atoms with van der Waals surface area (Å²) in [5.74, 6) is 0. The van der Waals surface area contributed by atoms with Crippen LogP contribution in [-0.2, 0) is 11.3 Å². The first-order valence-corrected chi connectivity index (χ1v) is 4.97. The van der Waals surface area contributed by atoms with Gasteiger partial charge in [-0.3, -0.25) is 0 Å². The van der Waals surface area contributed by atoms with Gasteiger partial charge in [-0.2, -0.15) is 0 Å². The lowest BCUT2D eigenvalue weighted by Crippen LogP contribution is -1.94. The van der Waals surface area contributed by atoms with E-state index in [0.29, 0.717) is 13.2 Å². The molecule has 0 saturated carbocycles. The number of benzene rings is 1. The Kier molecular flexibility index (Phi) is 4.96. The second-order valence-corrected chi connectivity index (χ2v) is 3.16. The van der Waals surface area contributed by atoms with E-state index in [9.17, 15) is 0 Å². The van der Waals surface area contributed by atoms with Gasteiger partial charge >= 0.3 is 0 Å². The van der Waals surface area contributed by atoms with Gasteiger partial charge in [-0.15, -0.1) is 6.58 Å². The molecule has 0 amide bonds. The average Bonchev–Trinajstić information content (AvgIpc) is 2.28. The molecular formula is C13H18O. The summed E-state index contributed by atoms with van der Waals surface area (Å²) in [4.78, 5) is 0. The monoisotopic (exact) mass is 191 g/mol. The van der Waals surface area contributed by atoms with Gasteiger partial charge in [0.05, 0.1) is 6.61 Å². The van der Waals surface area contributed by atoms with Crippen LogP contribution in [-0.4, -0.2) is 6.61 Å². The van der Waals surface area contributed by atoms with Crippen LogP contribution in [0.1, 0.15) is 26.2 Å². The van der Waals surface area contributed by atoms with Gasteiger partial charge in [0.15, 0.2) is 0 Å². The van der Waals surface area contributed by atoms with E-state index in [1.807, 2.05) is 36.4 Å². The van der Waals surface area contributed by atoms with Crippen LogP contribution in [0.2, 0.25) is 0 Å². The zero-order chi connectivity index (χ0) is 10.9. The van der Waals surface area contributed by atoms with E-state index in [1.165, 1.54) is 0 Å². The minimum Gasteiger partial charge on any atom is -0.377 e. The van der Waals surface area contributed by atoms with Crippen molar-refractivity contribution in [3.63, 3.8) is 0 Å². The topological polar surface area (TPSA) is 9.23 Å². The third kappa shape index (κ3) is 4.83. The molecule has 76 valence electrons. The average molecular weight is 191 g/mol. The van der Waals surface area contributed by atoms with Crippen LogP contribution in [0, 0.1) is 0 Å². The summed E-state index contributed by atoms with van der Waals surface area (Å²) < 4.78 is 13.1. The van der Waals surface area contributed by atoms with Gasteiger partial charge < -0.3 is 4.74 Å². The molecule has 0 radical (unpaired) electrons. The van der Waals surface area contributed by atoms with Gasteiger partial charge in [0.2, 0.25) is 0 Å². The molecule has 1 rings (SSSR count). The van der Waals surface area contributed by atoms with E-state index < -0.39 is 0 Å². The van der Waals surface area contributed by atoms with E-state index in [2.05, 4.69) is 6.58 Å². The van der Waals surface area contributed by atoms with Crippen molar-refractivity contribution >= 4 is 0 Å². The highest BCUT2D eigenvalue weighted by atomic mass is 16.5. The number of hydrogen-bond acceptors (Lipinski definition) is 1. The molecule has 0 spiro atoms. The third-order valence-corrected chi connectivity index (χ3v) is 1.92. The number of rotatable bonds is 7. The van der Waals surface area contributed by atoms with Gasteiger partial charge in [-0.1, -0.05) is 36.4 Å². The van der Waals surface area contributed by atoms with Crippen LogP contribution in [0.3, 0.4) is 0 Å². The summed E-state index contributed by atoms with van der Waals surface area (Å²) in [6.45, 7) is 4.74. The molecule has 1 heteroatoms. The molecule has 1 atom stereocenters. The van der Waals surface area contributed by atoms with E-state index >= 15 is 0 Å². The molecule has 0 aliphatic heterocycles. The van der Waals surface area contributed by atoms with E-state index in [-0.39, 0.29) is 6.40 Å². The van der Waals surface area contributed by atoms with Crippen LogP contribution in [0.5, 0.6) is 0 Å². The summed E-state index contributed by atoms with van der Waals surface area (Å²) >= 11 is 0. The second kappa shape index (κ2) is 7.34. The molecule has 14 heavy (non-hydrogen) atoms.